The van der Waals surface area contributed by atoms with Crippen LogP contribution in [-0.4, -0.2) is 98.9 Å². The van der Waals surface area contributed by atoms with Crippen molar-refractivity contribution in [2.24, 2.45) is 16.2 Å². The molecule has 0 bridgehead atoms. The van der Waals surface area contributed by atoms with Crippen molar-refractivity contribution in [3.05, 3.63) is 12.2 Å². The monoisotopic (exact) mass is 871 g/mol. The minimum absolute atomic E-state index is 0.000325. The predicted octanol–water partition coefficient (Wildman–Crippen LogP) is 8.44. The Morgan fingerprint density at radius 3 is 1.48 bits per heavy atom. The Hall–Kier alpha value is -4.38. The molecule has 0 fully saturated rings. The van der Waals surface area contributed by atoms with Crippen molar-refractivity contribution in [1.82, 2.24) is 5.32 Å². The van der Waals surface area contributed by atoms with Gasteiger partial charge in [-0.05, 0) is 113 Å². The lowest BCUT2D eigenvalue weighted by molar-refractivity contribution is -0.221. The van der Waals surface area contributed by atoms with E-state index in [9.17, 15) is 46.7 Å². The normalized spacial score (nSPS) is 11.8. The summed E-state index contributed by atoms with van der Waals surface area (Å²) >= 11 is 0. The molecule has 0 aromatic heterocycles. The van der Waals surface area contributed by atoms with Gasteiger partial charge in [-0.1, -0.05) is 27.4 Å². The first-order valence-electron chi connectivity index (χ1n) is 20.3. The molecule has 0 spiro atoms. The van der Waals surface area contributed by atoms with Crippen molar-refractivity contribution in [2.75, 3.05) is 39.6 Å². The number of carbonyl (C=O) groups is 7. The summed E-state index contributed by atoms with van der Waals surface area (Å²) < 4.78 is 65.3. The van der Waals surface area contributed by atoms with Gasteiger partial charge >= 0.3 is 48.1 Å². The van der Waals surface area contributed by atoms with Crippen molar-refractivity contribution < 1.29 is 80.3 Å². The Labute approximate surface area is 354 Å². The van der Waals surface area contributed by atoms with Crippen LogP contribution in [0.15, 0.2) is 12.2 Å². The van der Waals surface area contributed by atoms with Gasteiger partial charge in [0.1, 0.15) is 19.8 Å². The van der Waals surface area contributed by atoms with Crippen molar-refractivity contribution in [3.63, 3.8) is 0 Å². The number of hydrogen-bond acceptors (Lipinski definition) is 13. The van der Waals surface area contributed by atoms with Crippen LogP contribution in [0.1, 0.15) is 147 Å². The Morgan fingerprint density at radius 2 is 1.03 bits per heavy atom. The third-order valence-corrected chi connectivity index (χ3v) is 9.11. The number of carbonyl (C=O) groups excluding carboxylic acids is 6. The first-order valence-corrected chi connectivity index (χ1v) is 20.3. The molecule has 0 aliphatic heterocycles. The smallest absolute Gasteiger partial charge is 0.425 e. The zero-order valence-corrected chi connectivity index (χ0v) is 37.7. The average molecular weight is 872 g/mol. The van der Waals surface area contributed by atoms with E-state index in [1.54, 1.807) is 34.6 Å². The number of rotatable bonds is 26. The summed E-state index contributed by atoms with van der Waals surface area (Å²) in [5.74, 6) is -2.85. The molecule has 15 nitrogen and oxygen atoms in total. The number of carboxylic acids is 1. The summed E-state index contributed by atoms with van der Waals surface area (Å²) in [6, 6.07) is 0. The molecule has 350 valence electrons. The standard InChI is InChI=1S/C18H32O6.C15H25NO6.C9H15F3O2/c1-4-18(2,3)17(22)24-14-10-6-8-12-16(21)23-13-9-5-7-11-15(19)20;1-6-15(4,5)13(18)21-9-10-22-14(19)16-7-8-20-12(17)11(2)3;1-5-8(3,4)7(13)14-6(2)9(10,11)12/h4-14H2,1-3H3,(H,19,20);2,6-10H2,1,3-5H3,(H,16,19);6H,5H2,1-4H3. The van der Waals surface area contributed by atoms with E-state index < -0.39 is 52.5 Å². The van der Waals surface area contributed by atoms with Gasteiger partial charge in [0.05, 0.1) is 36.0 Å². The number of ether oxygens (including phenoxy) is 6. The topological polar surface area (TPSA) is 207 Å². The summed E-state index contributed by atoms with van der Waals surface area (Å²) in [6.45, 7) is 22.6. The lowest BCUT2D eigenvalue weighted by atomic mass is 9.90. The Bertz CT molecular complexity index is 1330. The molecule has 0 aliphatic carbocycles. The van der Waals surface area contributed by atoms with E-state index >= 15 is 0 Å². The number of hydrogen-bond donors (Lipinski definition) is 2. The van der Waals surface area contributed by atoms with Crippen molar-refractivity contribution in [3.8, 4) is 0 Å². The highest BCUT2D eigenvalue weighted by molar-refractivity contribution is 5.87. The van der Waals surface area contributed by atoms with Gasteiger partial charge in [-0.15, -0.1) is 0 Å². The summed E-state index contributed by atoms with van der Waals surface area (Å²) in [6.07, 6.45) is -0.495. The molecular formula is C42H72F3NO14. The van der Waals surface area contributed by atoms with Crippen LogP contribution >= 0.6 is 0 Å². The Balaban J connectivity index is -0.000000840. The second-order valence-corrected chi connectivity index (χ2v) is 15.8. The second-order valence-electron chi connectivity index (χ2n) is 15.8. The van der Waals surface area contributed by atoms with Crippen LogP contribution in [-0.2, 0) is 57.2 Å². The van der Waals surface area contributed by atoms with Gasteiger partial charge in [0.2, 0.25) is 0 Å². The fourth-order valence-corrected chi connectivity index (χ4v) is 3.48. The maximum atomic E-state index is 12.0. The lowest BCUT2D eigenvalue weighted by Gasteiger charge is -2.24. The van der Waals surface area contributed by atoms with E-state index in [0.717, 1.165) is 32.6 Å². The molecule has 18 heteroatoms. The van der Waals surface area contributed by atoms with Gasteiger partial charge in [-0.3, -0.25) is 24.0 Å². The zero-order chi connectivity index (χ0) is 47.2. The van der Waals surface area contributed by atoms with Gasteiger partial charge in [0, 0.05) is 18.4 Å². The van der Waals surface area contributed by atoms with Crippen LogP contribution in [0, 0.1) is 16.2 Å². The predicted molar refractivity (Wildman–Crippen MR) is 216 cm³/mol. The minimum Gasteiger partial charge on any atom is -0.481 e. The number of halogens is 3. The summed E-state index contributed by atoms with van der Waals surface area (Å²) in [7, 11) is 0. The molecule has 0 aromatic carbocycles. The highest BCUT2D eigenvalue weighted by Crippen LogP contribution is 2.28. The quantitative estimate of drug-likeness (QED) is 0.0362. The fourth-order valence-electron chi connectivity index (χ4n) is 3.48. The van der Waals surface area contributed by atoms with Crippen molar-refractivity contribution in [2.45, 2.75) is 159 Å². The molecule has 0 saturated heterocycles. The van der Waals surface area contributed by atoms with Crippen LogP contribution in [0.3, 0.4) is 0 Å². The molecule has 0 saturated carbocycles. The number of esters is 5. The molecule has 0 rings (SSSR count). The maximum Gasteiger partial charge on any atom is 0.425 e. The molecule has 1 unspecified atom stereocenters. The maximum absolute atomic E-state index is 12.0. The van der Waals surface area contributed by atoms with E-state index in [4.69, 9.17) is 28.8 Å². The van der Waals surface area contributed by atoms with Crippen LogP contribution in [0.25, 0.3) is 0 Å². The molecule has 0 aromatic rings. The number of alkyl carbamates (subject to hydrolysis) is 1. The fraction of sp³-hybridized carbons (Fsp3) is 0.786. The largest absolute Gasteiger partial charge is 0.481 e. The van der Waals surface area contributed by atoms with E-state index in [0.29, 0.717) is 57.3 Å². The highest BCUT2D eigenvalue weighted by Gasteiger charge is 2.41. The molecule has 60 heavy (non-hydrogen) atoms. The van der Waals surface area contributed by atoms with Gasteiger partial charge in [0.15, 0.2) is 6.10 Å². The Kier molecular flexibility index (Phi) is 31.5. The summed E-state index contributed by atoms with van der Waals surface area (Å²) in [5, 5.41) is 10.9. The minimum atomic E-state index is -4.49. The summed E-state index contributed by atoms with van der Waals surface area (Å²) in [4.78, 5) is 78.8. The first-order chi connectivity index (χ1) is 27.6. The molecule has 0 radical (unpaired) electrons. The van der Waals surface area contributed by atoms with Crippen LogP contribution < -0.4 is 5.32 Å². The van der Waals surface area contributed by atoms with Crippen molar-refractivity contribution >= 4 is 41.9 Å². The molecule has 1 atom stereocenters. The van der Waals surface area contributed by atoms with Gasteiger partial charge in [-0.2, -0.15) is 13.2 Å². The molecular weight excluding hydrogens is 799 g/mol. The van der Waals surface area contributed by atoms with Crippen LogP contribution in [0.5, 0.6) is 0 Å². The van der Waals surface area contributed by atoms with Gasteiger partial charge in [-0.25, -0.2) is 9.59 Å². The first kappa shape index (κ1) is 59.9. The number of aliphatic carboxylic acids is 1. The third kappa shape index (κ3) is 31.5. The number of alkyl halides is 3. The van der Waals surface area contributed by atoms with E-state index in [2.05, 4.69) is 16.6 Å². The van der Waals surface area contributed by atoms with E-state index in [1.165, 1.54) is 6.92 Å². The van der Waals surface area contributed by atoms with E-state index in [-0.39, 0.29) is 50.7 Å². The Morgan fingerprint density at radius 1 is 0.600 bits per heavy atom. The van der Waals surface area contributed by atoms with E-state index in [1.807, 2.05) is 27.7 Å². The lowest BCUT2D eigenvalue weighted by Crippen LogP contribution is -2.36. The molecule has 0 aliphatic rings. The van der Waals surface area contributed by atoms with Crippen LogP contribution in [0.4, 0.5) is 18.0 Å². The highest BCUT2D eigenvalue weighted by atomic mass is 19.4. The third-order valence-electron chi connectivity index (χ3n) is 9.11. The number of unbranched alkanes of at least 4 members (excludes halogenated alkanes) is 4. The zero-order valence-electron chi connectivity index (χ0n) is 37.7. The molecule has 2 N–H and O–H groups in total. The number of nitrogens with one attached hydrogen (secondary N) is 1. The summed E-state index contributed by atoms with van der Waals surface area (Å²) in [5.41, 5.74) is -1.55. The van der Waals surface area contributed by atoms with Gasteiger partial charge < -0.3 is 38.8 Å². The van der Waals surface area contributed by atoms with Crippen LogP contribution in [0.2, 0.25) is 0 Å². The molecule has 1 amide bonds. The molecule has 0 heterocycles. The SMILES string of the molecule is C=C(C)C(=O)OCCNC(=O)OCCOC(=O)C(C)(C)CC.CCC(C)(C)C(=O)OC(C)C(F)(F)F.CCC(C)(C)C(=O)OCCCCCC(=O)OCCCCCC(=O)O. The average Bonchev–Trinajstić information content (AvgIpc) is 3.17. The van der Waals surface area contributed by atoms with Gasteiger partial charge in [0.25, 0.3) is 0 Å². The number of carboxylic acid groups (broad SMARTS) is 1. The second kappa shape index (κ2) is 31.5. The van der Waals surface area contributed by atoms with Crippen molar-refractivity contribution in [1.29, 1.82) is 0 Å². The number of amides is 1.